The van der Waals surface area contributed by atoms with Gasteiger partial charge in [-0.25, -0.2) is 0 Å². The monoisotopic (exact) mass is 257 g/mol. The van der Waals surface area contributed by atoms with Gasteiger partial charge in [0.2, 0.25) is 0 Å². The maximum atomic E-state index is 11.5. The van der Waals surface area contributed by atoms with E-state index in [0.29, 0.717) is 17.4 Å². The van der Waals surface area contributed by atoms with Crippen LogP contribution in [-0.4, -0.2) is 32.3 Å². The lowest BCUT2D eigenvalue weighted by molar-refractivity contribution is -0.124. The summed E-state index contributed by atoms with van der Waals surface area (Å²) in [5.41, 5.74) is 0. The van der Waals surface area contributed by atoms with Crippen molar-refractivity contribution in [1.82, 2.24) is 5.32 Å². The summed E-state index contributed by atoms with van der Waals surface area (Å²) >= 11 is 5.73. The molecule has 17 heavy (non-hydrogen) atoms. The highest BCUT2D eigenvalue weighted by Gasteiger charge is 2.07. The molecule has 1 aromatic carbocycles. The molecule has 0 spiro atoms. The number of carbonyl (C=O) groups excluding carboxylic acids is 1. The Morgan fingerprint density at radius 1 is 1.41 bits per heavy atom. The van der Waals surface area contributed by atoms with Gasteiger partial charge in [-0.05, 0) is 31.2 Å². The van der Waals surface area contributed by atoms with Gasteiger partial charge in [-0.3, -0.25) is 4.79 Å². The molecule has 0 saturated heterocycles. The quantitative estimate of drug-likeness (QED) is 0.846. The molecule has 0 heterocycles. The zero-order valence-corrected chi connectivity index (χ0v) is 10.7. The summed E-state index contributed by atoms with van der Waals surface area (Å²) in [5, 5.41) is 3.38. The van der Waals surface area contributed by atoms with Crippen LogP contribution in [-0.2, 0) is 9.53 Å². The minimum Gasteiger partial charge on any atom is -0.484 e. The van der Waals surface area contributed by atoms with Gasteiger partial charge < -0.3 is 14.8 Å². The molecule has 0 aliphatic heterocycles. The summed E-state index contributed by atoms with van der Waals surface area (Å²) in [7, 11) is 1.59. The summed E-state index contributed by atoms with van der Waals surface area (Å²) in [6, 6.07) is 6.83. The Labute approximate surface area is 106 Å². The molecule has 1 atom stereocenters. The Morgan fingerprint density at radius 3 is 2.65 bits per heavy atom. The first-order valence-electron chi connectivity index (χ1n) is 5.28. The second-order valence-electron chi connectivity index (χ2n) is 3.67. The zero-order chi connectivity index (χ0) is 12.7. The molecule has 0 bridgehead atoms. The van der Waals surface area contributed by atoms with Gasteiger partial charge >= 0.3 is 0 Å². The van der Waals surface area contributed by atoms with Crippen molar-refractivity contribution < 1.29 is 14.3 Å². The predicted octanol–water partition coefficient (Wildman–Crippen LogP) is 1.87. The average molecular weight is 258 g/mol. The van der Waals surface area contributed by atoms with Crippen LogP contribution in [0.15, 0.2) is 24.3 Å². The van der Waals surface area contributed by atoms with Crippen LogP contribution in [0.2, 0.25) is 5.02 Å². The normalized spacial score (nSPS) is 11.9. The second kappa shape index (κ2) is 7.14. The fourth-order valence-corrected chi connectivity index (χ4v) is 1.41. The largest absolute Gasteiger partial charge is 0.484 e. The van der Waals surface area contributed by atoms with E-state index in [-0.39, 0.29) is 18.6 Å². The Balaban J connectivity index is 2.30. The number of hydrogen-bond donors (Lipinski definition) is 1. The van der Waals surface area contributed by atoms with Crippen molar-refractivity contribution in [1.29, 1.82) is 0 Å². The number of amides is 1. The number of benzene rings is 1. The highest BCUT2D eigenvalue weighted by Crippen LogP contribution is 2.15. The summed E-state index contributed by atoms with van der Waals surface area (Å²) in [6.45, 7) is 2.33. The van der Waals surface area contributed by atoms with E-state index >= 15 is 0 Å². The van der Waals surface area contributed by atoms with Crippen LogP contribution in [0.25, 0.3) is 0 Å². The fraction of sp³-hybridized carbons (Fsp3) is 0.417. The molecule has 1 amide bonds. The van der Waals surface area contributed by atoms with Gasteiger partial charge in [-0.2, -0.15) is 0 Å². The third-order valence-electron chi connectivity index (χ3n) is 2.01. The lowest BCUT2D eigenvalue weighted by atomic mass is 10.3. The Kier molecular flexibility index (Phi) is 5.80. The number of carbonyl (C=O) groups is 1. The lowest BCUT2D eigenvalue weighted by Gasteiger charge is -2.13. The van der Waals surface area contributed by atoms with Crippen LogP contribution in [0.3, 0.4) is 0 Å². The maximum Gasteiger partial charge on any atom is 0.258 e. The third-order valence-corrected chi connectivity index (χ3v) is 2.26. The molecule has 0 aromatic heterocycles. The molecular weight excluding hydrogens is 242 g/mol. The minimum absolute atomic E-state index is 0.0182. The van der Waals surface area contributed by atoms with Gasteiger partial charge in [0, 0.05) is 18.2 Å². The first-order valence-corrected chi connectivity index (χ1v) is 5.66. The van der Waals surface area contributed by atoms with Crippen molar-refractivity contribution >= 4 is 17.5 Å². The number of methoxy groups -OCH3 is 1. The van der Waals surface area contributed by atoms with Crippen molar-refractivity contribution in [2.75, 3.05) is 20.3 Å². The number of halogens is 1. The first kappa shape index (κ1) is 13.8. The van der Waals surface area contributed by atoms with Gasteiger partial charge in [0.25, 0.3) is 5.91 Å². The van der Waals surface area contributed by atoms with E-state index in [9.17, 15) is 4.79 Å². The Hall–Kier alpha value is -1.26. The number of ether oxygens (including phenoxy) is 2. The van der Waals surface area contributed by atoms with Gasteiger partial charge in [0.05, 0.1) is 6.61 Å². The molecule has 0 aliphatic carbocycles. The predicted molar refractivity (Wildman–Crippen MR) is 66.4 cm³/mol. The Bertz CT molecular complexity index is 353. The van der Waals surface area contributed by atoms with Crippen LogP contribution in [0, 0.1) is 0 Å². The summed E-state index contributed by atoms with van der Waals surface area (Å²) < 4.78 is 10.2. The topological polar surface area (TPSA) is 47.6 Å². The van der Waals surface area contributed by atoms with Gasteiger partial charge in [0.15, 0.2) is 6.61 Å². The molecule has 1 aromatic rings. The van der Waals surface area contributed by atoms with E-state index in [4.69, 9.17) is 21.1 Å². The standard InChI is InChI=1S/C12H16ClNO3/c1-9(7-16-2)14-12(15)8-17-11-5-3-10(13)4-6-11/h3-6,9H,7-8H2,1-2H3,(H,14,15). The summed E-state index contributed by atoms with van der Waals surface area (Å²) in [5.74, 6) is 0.438. The van der Waals surface area contributed by atoms with Crippen molar-refractivity contribution in [3.8, 4) is 5.75 Å². The SMILES string of the molecule is COCC(C)NC(=O)COc1ccc(Cl)cc1. The number of hydrogen-bond acceptors (Lipinski definition) is 3. The van der Waals surface area contributed by atoms with Crippen molar-refractivity contribution in [2.45, 2.75) is 13.0 Å². The summed E-state index contributed by atoms with van der Waals surface area (Å²) in [6.07, 6.45) is 0. The molecule has 1 unspecified atom stereocenters. The fourth-order valence-electron chi connectivity index (χ4n) is 1.29. The molecule has 1 N–H and O–H groups in total. The smallest absolute Gasteiger partial charge is 0.258 e. The summed E-state index contributed by atoms with van der Waals surface area (Å²) in [4.78, 5) is 11.5. The van der Waals surface area contributed by atoms with E-state index < -0.39 is 0 Å². The maximum absolute atomic E-state index is 11.5. The molecule has 0 fully saturated rings. The molecule has 4 nitrogen and oxygen atoms in total. The molecule has 94 valence electrons. The molecule has 0 radical (unpaired) electrons. The molecule has 0 saturated carbocycles. The average Bonchev–Trinajstić information content (AvgIpc) is 2.28. The lowest BCUT2D eigenvalue weighted by Crippen LogP contribution is -2.38. The van der Waals surface area contributed by atoms with E-state index in [0.717, 1.165) is 0 Å². The highest BCUT2D eigenvalue weighted by molar-refractivity contribution is 6.30. The van der Waals surface area contributed by atoms with Gasteiger partial charge in [-0.1, -0.05) is 11.6 Å². The molecule has 5 heteroatoms. The van der Waals surface area contributed by atoms with E-state index in [2.05, 4.69) is 5.32 Å². The number of rotatable bonds is 6. The van der Waals surface area contributed by atoms with Gasteiger partial charge in [-0.15, -0.1) is 0 Å². The molecular formula is C12H16ClNO3. The van der Waals surface area contributed by atoms with E-state index in [1.54, 1.807) is 31.4 Å². The molecule has 1 rings (SSSR count). The second-order valence-corrected chi connectivity index (χ2v) is 4.10. The Morgan fingerprint density at radius 2 is 2.06 bits per heavy atom. The van der Waals surface area contributed by atoms with Crippen LogP contribution >= 0.6 is 11.6 Å². The first-order chi connectivity index (χ1) is 8.11. The minimum atomic E-state index is -0.176. The van der Waals surface area contributed by atoms with Crippen molar-refractivity contribution in [3.63, 3.8) is 0 Å². The van der Waals surface area contributed by atoms with Crippen LogP contribution in [0.5, 0.6) is 5.75 Å². The third kappa shape index (κ3) is 5.56. The highest BCUT2D eigenvalue weighted by atomic mass is 35.5. The van der Waals surface area contributed by atoms with Crippen LogP contribution < -0.4 is 10.1 Å². The van der Waals surface area contributed by atoms with Gasteiger partial charge in [0.1, 0.15) is 5.75 Å². The van der Waals surface area contributed by atoms with Crippen LogP contribution in [0.4, 0.5) is 0 Å². The van der Waals surface area contributed by atoms with E-state index in [1.165, 1.54) is 0 Å². The molecule has 0 aliphatic rings. The van der Waals surface area contributed by atoms with Crippen molar-refractivity contribution in [2.24, 2.45) is 0 Å². The van der Waals surface area contributed by atoms with Crippen molar-refractivity contribution in [3.05, 3.63) is 29.3 Å². The number of nitrogens with one attached hydrogen (secondary N) is 1. The van der Waals surface area contributed by atoms with Crippen LogP contribution in [0.1, 0.15) is 6.92 Å². The van der Waals surface area contributed by atoms with E-state index in [1.807, 2.05) is 6.92 Å². The zero-order valence-electron chi connectivity index (χ0n) is 9.90.